The molecule has 0 saturated carbocycles. The van der Waals surface area contributed by atoms with Crippen LogP contribution >= 0.6 is 0 Å². The van der Waals surface area contributed by atoms with Crippen molar-refractivity contribution in [1.82, 2.24) is 10.2 Å². The van der Waals surface area contributed by atoms with E-state index in [0.29, 0.717) is 0 Å². The Morgan fingerprint density at radius 3 is 2.06 bits per heavy atom. The van der Waals surface area contributed by atoms with Crippen LogP contribution in [-0.4, -0.2) is 52.2 Å². The molecule has 0 spiro atoms. The fourth-order valence-electron chi connectivity index (χ4n) is 0.860. The summed E-state index contributed by atoms with van der Waals surface area (Å²) >= 11 is 0. The molecule has 0 heterocycles. The lowest BCUT2D eigenvalue weighted by Crippen LogP contribution is -2.49. The second-order valence-corrected chi connectivity index (χ2v) is 3.64. The number of carboxylic acid groups (broad SMARTS) is 2. The maximum Gasteiger partial charge on any atom is 0.326 e. The van der Waals surface area contributed by atoms with E-state index in [1.165, 1.54) is 11.9 Å². The number of rotatable bonds is 5. The van der Waals surface area contributed by atoms with Gasteiger partial charge in [-0.3, -0.25) is 4.79 Å². The van der Waals surface area contributed by atoms with Gasteiger partial charge in [0.15, 0.2) is 0 Å². The largest absolute Gasteiger partial charge is 0.481 e. The first-order chi connectivity index (χ1) is 7.25. The molecular formula is C9H16N2O5. The second-order valence-electron chi connectivity index (χ2n) is 3.64. The zero-order valence-electron chi connectivity index (χ0n) is 9.43. The van der Waals surface area contributed by atoms with E-state index in [9.17, 15) is 14.4 Å². The number of carboxylic acids is 2. The lowest BCUT2D eigenvalue weighted by atomic mass is 10.2. The van der Waals surface area contributed by atoms with Gasteiger partial charge in [0.2, 0.25) is 0 Å². The minimum atomic E-state index is -1.41. The van der Waals surface area contributed by atoms with Crippen LogP contribution in [-0.2, 0) is 9.59 Å². The molecule has 0 bridgehead atoms. The Balaban J connectivity index is 4.46. The predicted molar refractivity (Wildman–Crippen MR) is 55.1 cm³/mol. The summed E-state index contributed by atoms with van der Waals surface area (Å²) in [4.78, 5) is 33.8. The molecule has 0 aliphatic heterocycles. The number of aliphatic carboxylic acids is 2. The molecule has 0 aliphatic carbocycles. The zero-order chi connectivity index (χ0) is 12.9. The van der Waals surface area contributed by atoms with Crippen LogP contribution in [0.25, 0.3) is 0 Å². The Bertz CT molecular complexity index is 290. The Hall–Kier alpha value is -1.79. The van der Waals surface area contributed by atoms with Gasteiger partial charge in [-0.25, -0.2) is 9.59 Å². The molecule has 1 atom stereocenters. The van der Waals surface area contributed by atoms with Crippen LogP contribution in [0.15, 0.2) is 0 Å². The molecule has 0 aromatic heterocycles. The number of hydrogen-bond acceptors (Lipinski definition) is 3. The predicted octanol–water partition coefficient (Wildman–Crippen LogP) is -0.0359. The molecule has 7 heteroatoms. The van der Waals surface area contributed by atoms with Crippen molar-refractivity contribution in [2.75, 3.05) is 7.05 Å². The Labute approximate surface area is 93.0 Å². The number of carbonyl (C=O) groups excluding carboxylic acids is 1. The maximum atomic E-state index is 11.4. The van der Waals surface area contributed by atoms with E-state index in [4.69, 9.17) is 10.2 Å². The van der Waals surface area contributed by atoms with Gasteiger partial charge in [0.1, 0.15) is 6.04 Å². The van der Waals surface area contributed by atoms with Crippen molar-refractivity contribution < 1.29 is 24.6 Å². The minimum absolute atomic E-state index is 0.0979. The second kappa shape index (κ2) is 5.94. The molecular weight excluding hydrogens is 216 g/mol. The number of urea groups is 1. The van der Waals surface area contributed by atoms with Crippen molar-refractivity contribution in [2.45, 2.75) is 32.4 Å². The SMILES string of the molecule is CC(C)N(C)C(=O)N[C@@H](CC(=O)O)C(=O)O. The molecule has 0 saturated heterocycles. The molecule has 0 rings (SSSR count). The summed E-state index contributed by atoms with van der Waals surface area (Å²) in [5, 5.41) is 19.3. The summed E-state index contributed by atoms with van der Waals surface area (Å²) in [6.45, 7) is 3.51. The summed E-state index contributed by atoms with van der Waals surface area (Å²) in [6.07, 6.45) is -0.646. The first kappa shape index (κ1) is 14.2. The fourth-order valence-corrected chi connectivity index (χ4v) is 0.860. The van der Waals surface area contributed by atoms with Crippen LogP contribution in [0.4, 0.5) is 4.79 Å². The molecule has 0 radical (unpaired) electrons. The van der Waals surface area contributed by atoms with Crippen molar-refractivity contribution in [3.8, 4) is 0 Å². The summed E-state index contributed by atoms with van der Waals surface area (Å²) in [5.74, 6) is -2.65. The third-order valence-corrected chi connectivity index (χ3v) is 2.07. The molecule has 2 amide bonds. The molecule has 92 valence electrons. The standard InChI is InChI=1S/C9H16N2O5/c1-5(2)11(3)9(16)10-6(8(14)15)4-7(12)13/h5-6H,4H2,1-3H3,(H,10,16)(H,12,13)(H,14,15)/t6-/m0/s1. The zero-order valence-corrected chi connectivity index (χ0v) is 9.43. The van der Waals surface area contributed by atoms with Gasteiger partial charge in [0.25, 0.3) is 0 Å². The van der Waals surface area contributed by atoms with Gasteiger partial charge in [0, 0.05) is 13.1 Å². The van der Waals surface area contributed by atoms with Crippen molar-refractivity contribution in [2.24, 2.45) is 0 Å². The number of nitrogens with one attached hydrogen (secondary N) is 1. The van der Waals surface area contributed by atoms with Gasteiger partial charge >= 0.3 is 18.0 Å². The van der Waals surface area contributed by atoms with Crippen LogP contribution in [0.5, 0.6) is 0 Å². The van der Waals surface area contributed by atoms with E-state index >= 15 is 0 Å². The number of hydrogen-bond donors (Lipinski definition) is 3. The fraction of sp³-hybridized carbons (Fsp3) is 0.667. The van der Waals surface area contributed by atoms with Gasteiger partial charge in [-0.15, -0.1) is 0 Å². The Kier molecular flexibility index (Phi) is 5.27. The molecule has 16 heavy (non-hydrogen) atoms. The van der Waals surface area contributed by atoms with Gasteiger partial charge < -0.3 is 20.4 Å². The van der Waals surface area contributed by atoms with Gasteiger partial charge in [0.05, 0.1) is 6.42 Å². The summed E-state index contributed by atoms with van der Waals surface area (Å²) < 4.78 is 0. The molecule has 0 aromatic carbocycles. The average Bonchev–Trinajstić information content (AvgIpc) is 2.14. The topological polar surface area (TPSA) is 107 Å². The highest BCUT2D eigenvalue weighted by molar-refractivity contribution is 5.86. The first-order valence-electron chi connectivity index (χ1n) is 4.73. The summed E-state index contributed by atoms with van der Waals surface area (Å²) in [6, 6.07) is -2.12. The van der Waals surface area contributed by atoms with E-state index in [2.05, 4.69) is 5.32 Å². The normalized spacial score (nSPS) is 12.0. The Morgan fingerprint density at radius 2 is 1.75 bits per heavy atom. The third kappa shape index (κ3) is 4.63. The van der Waals surface area contributed by atoms with E-state index < -0.39 is 30.4 Å². The number of carbonyl (C=O) groups is 3. The van der Waals surface area contributed by atoms with E-state index in [-0.39, 0.29) is 6.04 Å². The molecule has 0 fully saturated rings. The highest BCUT2D eigenvalue weighted by Crippen LogP contribution is 1.98. The number of nitrogens with zero attached hydrogens (tertiary/aromatic N) is 1. The first-order valence-corrected chi connectivity index (χ1v) is 4.73. The van der Waals surface area contributed by atoms with E-state index in [1.807, 2.05) is 0 Å². The van der Waals surface area contributed by atoms with Gasteiger partial charge in [-0.05, 0) is 13.8 Å². The molecule has 0 aromatic rings. The quantitative estimate of drug-likeness (QED) is 0.616. The molecule has 3 N–H and O–H groups in total. The number of amides is 2. The van der Waals surface area contributed by atoms with Crippen molar-refractivity contribution in [1.29, 1.82) is 0 Å². The third-order valence-electron chi connectivity index (χ3n) is 2.07. The van der Waals surface area contributed by atoms with Crippen LogP contribution in [0, 0.1) is 0 Å². The van der Waals surface area contributed by atoms with Gasteiger partial charge in [-0.1, -0.05) is 0 Å². The van der Waals surface area contributed by atoms with Crippen LogP contribution in [0.3, 0.4) is 0 Å². The van der Waals surface area contributed by atoms with Crippen molar-refractivity contribution in [3.05, 3.63) is 0 Å². The monoisotopic (exact) mass is 232 g/mol. The van der Waals surface area contributed by atoms with E-state index in [0.717, 1.165) is 0 Å². The highest BCUT2D eigenvalue weighted by atomic mass is 16.4. The lowest BCUT2D eigenvalue weighted by molar-refractivity contribution is -0.145. The van der Waals surface area contributed by atoms with Crippen LogP contribution < -0.4 is 5.32 Å². The molecule has 0 aliphatic rings. The van der Waals surface area contributed by atoms with Crippen molar-refractivity contribution in [3.63, 3.8) is 0 Å². The van der Waals surface area contributed by atoms with Crippen LogP contribution in [0.1, 0.15) is 20.3 Å². The maximum absolute atomic E-state index is 11.4. The molecule has 0 unspecified atom stereocenters. The summed E-state index contributed by atoms with van der Waals surface area (Å²) in [5.41, 5.74) is 0. The van der Waals surface area contributed by atoms with Crippen LogP contribution in [0.2, 0.25) is 0 Å². The smallest absolute Gasteiger partial charge is 0.326 e. The lowest BCUT2D eigenvalue weighted by Gasteiger charge is -2.23. The average molecular weight is 232 g/mol. The van der Waals surface area contributed by atoms with Gasteiger partial charge in [-0.2, -0.15) is 0 Å². The summed E-state index contributed by atoms with van der Waals surface area (Å²) in [7, 11) is 1.50. The molecule has 7 nitrogen and oxygen atoms in total. The van der Waals surface area contributed by atoms with E-state index in [1.54, 1.807) is 13.8 Å². The highest BCUT2D eigenvalue weighted by Gasteiger charge is 2.24. The Morgan fingerprint density at radius 1 is 1.25 bits per heavy atom. The van der Waals surface area contributed by atoms with Crippen molar-refractivity contribution >= 4 is 18.0 Å². The minimum Gasteiger partial charge on any atom is -0.481 e.